The summed E-state index contributed by atoms with van der Waals surface area (Å²) in [6, 6.07) is 0. The molecule has 24 heavy (non-hydrogen) atoms. The zero-order valence-electron chi connectivity index (χ0n) is 16.9. The minimum atomic E-state index is 0.102. The van der Waals surface area contributed by atoms with Crippen LogP contribution in [0.3, 0.4) is 0 Å². The lowest BCUT2D eigenvalue weighted by atomic mass is 10.2. The highest BCUT2D eigenvalue weighted by Gasteiger charge is 1.98. The summed E-state index contributed by atoms with van der Waals surface area (Å²) in [6.45, 7) is 15.0. The zero-order chi connectivity index (χ0) is 18.9. The third-order valence-electron chi connectivity index (χ3n) is 2.57. The molecule has 0 aromatic carbocycles. The van der Waals surface area contributed by atoms with Crippen molar-refractivity contribution in [3.05, 3.63) is 0 Å². The van der Waals surface area contributed by atoms with Gasteiger partial charge in [-0.3, -0.25) is 4.79 Å². The average molecular weight is 351 g/mol. The molecule has 0 atom stereocenters. The lowest BCUT2D eigenvalue weighted by Crippen LogP contribution is -2.27. The van der Waals surface area contributed by atoms with Gasteiger partial charge in [0.05, 0.1) is 39.6 Å². The average Bonchev–Trinajstić information content (AvgIpc) is 2.64. The Labute approximate surface area is 150 Å². The van der Waals surface area contributed by atoms with Crippen LogP contribution in [0.25, 0.3) is 0 Å². The maximum atomic E-state index is 11.3. The molecule has 0 rings (SSSR count). The molecule has 0 unspecified atom stereocenters. The Kier molecular flexibility index (Phi) is 35.4. The Bertz CT molecular complexity index is 217. The monoisotopic (exact) mass is 350 g/mol. The SMILES string of the molecule is CC.CC.CCCCC(=O)NCCOCCOCCOCCNC. The Morgan fingerprint density at radius 2 is 1.25 bits per heavy atom. The van der Waals surface area contributed by atoms with E-state index < -0.39 is 0 Å². The molecule has 0 aliphatic rings. The number of carbonyl (C=O) groups is 1. The molecule has 6 nitrogen and oxygen atoms in total. The topological polar surface area (TPSA) is 68.8 Å². The van der Waals surface area contributed by atoms with Gasteiger partial charge in [-0.15, -0.1) is 0 Å². The number of amides is 1. The van der Waals surface area contributed by atoms with Crippen LogP contribution >= 0.6 is 0 Å². The molecule has 0 saturated carbocycles. The highest BCUT2D eigenvalue weighted by atomic mass is 16.5. The predicted molar refractivity (Wildman–Crippen MR) is 102 cm³/mol. The van der Waals surface area contributed by atoms with Crippen LogP contribution < -0.4 is 10.6 Å². The second-order valence-electron chi connectivity index (χ2n) is 4.39. The van der Waals surface area contributed by atoms with Crippen LogP contribution in [0.5, 0.6) is 0 Å². The molecule has 0 spiro atoms. The molecule has 6 heteroatoms. The van der Waals surface area contributed by atoms with Gasteiger partial charge >= 0.3 is 0 Å². The summed E-state index contributed by atoms with van der Waals surface area (Å²) in [5, 5.41) is 5.82. The van der Waals surface area contributed by atoms with Crippen molar-refractivity contribution in [1.29, 1.82) is 0 Å². The highest BCUT2D eigenvalue weighted by Crippen LogP contribution is 1.92. The van der Waals surface area contributed by atoms with Crippen LogP contribution in [-0.4, -0.2) is 65.7 Å². The van der Waals surface area contributed by atoms with Crippen molar-refractivity contribution in [3.8, 4) is 0 Å². The number of ether oxygens (including phenoxy) is 3. The van der Waals surface area contributed by atoms with Crippen LogP contribution in [0.15, 0.2) is 0 Å². The van der Waals surface area contributed by atoms with Gasteiger partial charge in [-0.05, 0) is 13.5 Å². The summed E-state index contributed by atoms with van der Waals surface area (Å²) in [4.78, 5) is 11.3. The molecule has 0 aromatic heterocycles. The van der Waals surface area contributed by atoms with Gasteiger partial charge in [0.2, 0.25) is 5.91 Å². The quantitative estimate of drug-likeness (QED) is 0.444. The molecule has 0 fully saturated rings. The lowest BCUT2D eigenvalue weighted by Gasteiger charge is -2.07. The fraction of sp³-hybridized carbons (Fsp3) is 0.944. The maximum absolute atomic E-state index is 11.3. The van der Waals surface area contributed by atoms with Crippen molar-refractivity contribution in [3.63, 3.8) is 0 Å². The third kappa shape index (κ3) is 29.3. The Hall–Kier alpha value is -0.690. The van der Waals surface area contributed by atoms with Gasteiger partial charge in [0.1, 0.15) is 0 Å². The van der Waals surface area contributed by atoms with Gasteiger partial charge < -0.3 is 24.8 Å². The number of likely N-dealkylation sites (N-methyl/N-ethyl adjacent to an activating group) is 1. The second-order valence-corrected chi connectivity index (χ2v) is 4.39. The van der Waals surface area contributed by atoms with E-state index in [1.54, 1.807) is 0 Å². The van der Waals surface area contributed by atoms with Crippen molar-refractivity contribution in [2.45, 2.75) is 53.9 Å². The first-order chi connectivity index (χ1) is 11.8. The minimum absolute atomic E-state index is 0.102. The van der Waals surface area contributed by atoms with E-state index in [-0.39, 0.29) is 5.91 Å². The molecule has 0 aromatic rings. The molecular formula is C18H42N2O4. The molecule has 0 saturated heterocycles. The molecule has 2 N–H and O–H groups in total. The first-order valence-electron chi connectivity index (χ1n) is 9.45. The first-order valence-corrected chi connectivity index (χ1v) is 9.45. The number of nitrogens with one attached hydrogen (secondary N) is 2. The van der Waals surface area contributed by atoms with Gasteiger partial charge in [-0.2, -0.15) is 0 Å². The summed E-state index contributed by atoms with van der Waals surface area (Å²) in [6.07, 6.45) is 2.59. The first kappa shape index (κ1) is 28.1. The Balaban J connectivity index is -0.00000102. The second kappa shape index (κ2) is 30.2. The zero-order valence-corrected chi connectivity index (χ0v) is 16.9. The van der Waals surface area contributed by atoms with Crippen LogP contribution in [0.1, 0.15) is 53.9 Å². The molecule has 0 heterocycles. The van der Waals surface area contributed by atoms with Crippen LogP contribution in [-0.2, 0) is 19.0 Å². The highest BCUT2D eigenvalue weighted by molar-refractivity contribution is 5.75. The summed E-state index contributed by atoms with van der Waals surface area (Å²) >= 11 is 0. The van der Waals surface area contributed by atoms with Crippen molar-refractivity contribution in [2.75, 3.05) is 59.8 Å². The van der Waals surface area contributed by atoms with E-state index in [9.17, 15) is 4.79 Å². The van der Waals surface area contributed by atoms with Crippen molar-refractivity contribution in [2.24, 2.45) is 0 Å². The van der Waals surface area contributed by atoms with Crippen molar-refractivity contribution >= 4 is 5.91 Å². The van der Waals surface area contributed by atoms with Gasteiger partial charge in [0.15, 0.2) is 0 Å². The normalized spacial score (nSPS) is 9.42. The molecule has 0 aliphatic heterocycles. The Morgan fingerprint density at radius 3 is 1.71 bits per heavy atom. The predicted octanol–water partition coefficient (Wildman–Crippen LogP) is 2.61. The third-order valence-corrected chi connectivity index (χ3v) is 2.57. The summed E-state index contributed by atoms with van der Waals surface area (Å²) in [5.74, 6) is 0.102. The summed E-state index contributed by atoms with van der Waals surface area (Å²) in [7, 11) is 1.89. The molecule has 1 amide bonds. The van der Waals surface area contributed by atoms with E-state index in [1.165, 1.54) is 0 Å². The molecule has 0 aliphatic carbocycles. The van der Waals surface area contributed by atoms with Crippen molar-refractivity contribution in [1.82, 2.24) is 10.6 Å². The largest absolute Gasteiger partial charge is 0.378 e. The molecular weight excluding hydrogens is 308 g/mol. The fourth-order valence-corrected chi connectivity index (χ4v) is 1.40. The number of rotatable bonds is 15. The van der Waals surface area contributed by atoms with Gasteiger partial charge in [0.25, 0.3) is 0 Å². The van der Waals surface area contributed by atoms with Gasteiger partial charge in [-0.1, -0.05) is 41.0 Å². The number of hydrogen-bond donors (Lipinski definition) is 2. The van der Waals surface area contributed by atoms with Gasteiger partial charge in [-0.25, -0.2) is 0 Å². The minimum Gasteiger partial charge on any atom is -0.378 e. The summed E-state index contributed by atoms with van der Waals surface area (Å²) < 4.78 is 16.0. The van der Waals surface area contributed by atoms with Crippen LogP contribution in [0.2, 0.25) is 0 Å². The number of carbonyl (C=O) groups excluding carboxylic acids is 1. The number of hydrogen-bond acceptors (Lipinski definition) is 5. The standard InChI is InChI=1S/C14H30N2O4.2C2H6/c1-3-4-5-14(17)16-7-9-19-11-13-20-12-10-18-8-6-15-2;2*1-2/h15H,3-13H2,1-2H3,(H,16,17);2*1-2H3. The van der Waals surface area contributed by atoms with E-state index in [1.807, 2.05) is 34.7 Å². The van der Waals surface area contributed by atoms with E-state index in [0.29, 0.717) is 52.6 Å². The van der Waals surface area contributed by atoms with Crippen LogP contribution in [0, 0.1) is 0 Å². The number of unbranched alkanes of at least 4 members (excludes halogenated alkanes) is 1. The Morgan fingerprint density at radius 1 is 0.792 bits per heavy atom. The van der Waals surface area contributed by atoms with Crippen LogP contribution in [0.4, 0.5) is 0 Å². The fourth-order valence-electron chi connectivity index (χ4n) is 1.40. The van der Waals surface area contributed by atoms with E-state index in [0.717, 1.165) is 19.4 Å². The molecule has 0 bridgehead atoms. The molecule has 148 valence electrons. The smallest absolute Gasteiger partial charge is 0.220 e. The van der Waals surface area contributed by atoms with E-state index in [4.69, 9.17) is 14.2 Å². The lowest BCUT2D eigenvalue weighted by molar-refractivity contribution is -0.121. The van der Waals surface area contributed by atoms with Gasteiger partial charge in [0, 0.05) is 19.5 Å². The summed E-state index contributed by atoms with van der Waals surface area (Å²) in [5.41, 5.74) is 0. The van der Waals surface area contributed by atoms with Crippen molar-refractivity contribution < 1.29 is 19.0 Å². The van der Waals surface area contributed by atoms with E-state index in [2.05, 4.69) is 17.6 Å². The van der Waals surface area contributed by atoms with E-state index >= 15 is 0 Å². The maximum Gasteiger partial charge on any atom is 0.220 e. The molecule has 0 radical (unpaired) electrons.